The average molecular weight is 378 g/mol. The van der Waals surface area contributed by atoms with Crippen molar-refractivity contribution in [3.63, 3.8) is 0 Å². The minimum absolute atomic E-state index is 0.0203. The third-order valence-electron chi connectivity index (χ3n) is 3.62. The Morgan fingerprint density at radius 2 is 1.81 bits per heavy atom. The molecule has 0 radical (unpaired) electrons. The van der Waals surface area contributed by atoms with Gasteiger partial charge in [-0.05, 0) is 18.2 Å². The van der Waals surface area contributed by atoms with Crippen LogP contribution in [0.3, 0.4) is 0 Å². The lowest BCUT2D eigenvalue weighted by Crippen LogP contribution is -2.18. The van der Waals surface area contributed by atoms with Gasteiger partial charge in [-0.25, -0.2) is 8.42 Å². The molecular weight excluding hydrogens is 364 g/mol. The molecule has 0 fully saturated rings. The van der Waals surface area contributed by atoms with Crippen molar-refractivity contribution < 1.29 is 27.6 Å². The molecule has 1 aliphatic heterocycles. The second-order valence-corrected chi connectivity index (χ2v) is 7.54. The van der Waals surface area contributed by atoms with Crippen molar-refractivity contribution in [3.05, 3.63) is 52.1 Å². The summed E-state index contributed by atoms with van der Waals surface area (Å²) in [4.78, 5) is 23.2. The zero-order valence-corrected chi connectivity index (χ0v) is 14.4. The number of carbonyl (C=O) groups is 1. The molecule has 0 bridgehead atoms. The van der Waals surface area contributed by atoms with Gasteiger partial charge in [0, 0.05) is 18.0 Å². The molecule has 0 saturated heterocycles. The summed E-state index contributed by atoms with van der Waals surface area (Å²) in [6, 6.07) is 7.98. The smallest absolute Gasteiger partial charge is 0.286 e. The van der Waals surface area contributed by atoms with Gasteiger partial charge in [0.1, 0.15) is 18.8 Å². The molecule has 1 amide bonds. The second-order valence-electron chi connectivity index (χ2n) is 5.52. The normalized spacial score (nSPS) is 13.1. The quantitative estimate of drug-likeness (QED) is 0.637. The van der Waals surface area contributed by atoms with Crippen molar-refractivity contribution in [1.29, 1.82) is 0 Å². The molecule has 0 aliphatic carbocycles. The lowest BCUT2D eigenvalue weighted by Gasteiger charge is -2.18. The minimum Gasteiger partial charge on any atom is -0.486 e. The van der Waals surface area contributed by atoms with Crippen molar-refractivity contribution in [2.24, 2.45) is 0 Å². The monoisotopic (exact) mass is 378 g/mol. The van der Waals surface area contributed by atoms with Crippen LogP contribution in [0.15, 0.2) is 41.3 Å². The lowest BCUT2D eigenvalue weighted by atomic mass is 10.1. The predicted octanol–water partition coefficient (Wildman–Crippen LogP) is 2.02. The summed E-state index contributed by atoms with van der Waals surface area (Å²) in [7, 11) is -3.46. The van der Waals surface area contributed by atoms with E-state index in [0.717, 1.165) is 12.3 Å². The standard InChI is InChI=1S/C16H14N2O7S/c1-26(22,23)11-4-2-3-10(7-11)17-16(19)12-8-14-15(25-6-5-24-14)9-13(12)18(20)21/h2-4,7-9H,5-6H2,1H3,(H,17,19). The number of benzene rings is 2. The van der Waals surface area contributed by atoms with Gasteiger partial charge < -0.3 is 14.8 Å². The van der Waals surface area contributed by atoms with Gasteiger partial charge in [0.15, 0.2) is 21.3 Å². The maximum Gasteiger partial charge on any atom is 0.286 e. The van der Waals surface area contributed by atoms with E-state index in [9.17, 15) is 23.3 Å². The number of hydrogen-bond donors (Lipinski definition) is 1. The Hall–Kier alpha value is -3.14. The summed E-state index contributed by atoms with van der Waals surface area (Å²) in [5.74, 6) is -0.338. The number of hydrogen-bond acceptors (Lipinski definition) is 7. The number of nitro groups is 1. The molecule has 1 N–H and O–H groups in total. The van der Waals surface area contributed by atoms with E-state index < -0.39 is 26.4 Å². The largest absolute Gasteiger partial charge is 0.486 e. The summed E-state index contributed by atoms with van der Waals surface area (Å²) in [5.41, 5.74) is -0.461. The van der Waals surface area contributed by atoms with E-state index in [2.05, 4.69) is 5.32 Å². The van der Waals surface area contributed by atoms with Crippen LogP contribution in [0.5, 0.6) is 11.5 Å². The lowest BCUT2D eigenvalue weighted by molar-refractivity contribution is -0.385. The summed E-state index contributed by atoms with van der Waals surface area (Å²) < 4.78 is 33.9. The Morgan fingerprint density at radius 1 is 1.15 bits per heavy atom. The highest BCUT2D eigenvalue weighted by Crippen LogP contribution is 2.36. The minimum atomic E-state index is -3.46. The molecule has 3 rings (SSSR count). The molecular formula is C16H14N2O7S. The molecule has 136 valence electrons. The molecule has 1 aliphatic rings. The molecule has 9 nitrogen and oxygen atoms in total. The first-order valence-electron chi connectivity index (χ1n) is 7.45. The fourth-order valence-corrected chi connectivity index (χ4v) is 3.08. The third kappa shape index (κ3) is 3.59. The Labute approximate surface area is 148 Å². The Bertz CT molecular complexity index is 1000. The number of rotatable bonds is 4. The van der Waals surface area contributed by atoms with Crippen LogP contribution < -0.4 is 14.8 Å². The van der Waals surface area contributed by atoms with Crippen LogP contribution >= 0.6 is 0 Å². The van der Waals surface area contributed by atoms with Crippen LogP contribution in [0.25, 0.3) is 0 Å². The average Bonchev–Trinajstić information content (AvgIpc) is 2.60. The number of amides is 1. The molecule has 0 saturated carbocycles. The van der Waals surface area contributed by atoms with Gasteiger partial charge in [-0.3, -0.25) is 14.9 Å². The Balaban J connectivity index is 1.96. The number of anilines is 1. The van der Waals surface area contributed by atoms with Crippen molar-refractivity contribution in [3.8, 4) is 11.5 Å². The van der Waals surface area contributed by atoms with Crippen LogP contribution in [-0.2, 0) is 9.84 Å². The summed E-state index contributed by atoms with van der Waals surface area (Å²) in [6.45, 7) is 0.524. The number of ether oxygens (including phenoxy) is 2. The zero-order valence-electron chi connectivity index (χ0n) is 13.6. The number of nitrogens with one attached hydrogen (secondary N) is 1. The second kappa shape index (κ2) is 6.64. The first-order valence-corrected chi connectivity index (χ1v) is 9.34. The summed E-state index contributed by atoms with van der Waals surface area (Å²) in [5, 5.41) is 13.8. The van der Waals surface area contributed by atoms with E-state index in [4.69, 9.17) is 9.47 Å². The van der Waals surface area contributed by atoms with E-state index in [1.54, 1.807) is 0 Å². The van der Waals surface area contributed by atoms with Gasteiger partial charge in [0.2, 0.25) is 0 Å². The molecule has 0 aromatic heterocycles. The van der Waals surface area contributed by atoms with Crippen molar-refractivity contribution in [2.45, 2.75) is 4.90 Å². The van der Waals surface area contributed by atoms with Crippen LogP contribution in [0, 0.1) is 10.1 Å². The van der Waals surface area contributed by atoms with E-state index in [1.165, 1.54) is 30.3 Å². The van der Waals surface area contributed by atoms with Gasteiger partial charge in [0.25, 0.3) is 11.6 Å². The van der Waals surface area contributed by atoms with Gasteiger partial charge in [-0.2, -0.15) is 0 Å². The molecule has 0 unspecified atom stereocenters. The van der Waals surface area contributed by atoms with Gasteiger partial charge in [0.05, 0.1) is 15.9 Å². The third-order valence-corrected chi connectivity index (χ3v) is 4.73. The number of sulfone groups is 1. The van der Waals surface area contributed by atoms with E-state index in [1.807, 2.05) is 0 Å². The Kier molecular flexibility index (Phi) is 4.51. The number of nitro benzene ring substituents is 1. The maximum atomic E-state index is 12.5. The van der Waals surface area contributed by atoms with Crippen molar-refractivity contribution >= 4 is 27.1 Å². The Morgan fingerprint density at radius 3 is 2.42 bits per heavy atom. The zero-order chi connectivity index (χ0) is 18.9. The molecule has 2 aromatic rings. The summed E-state index contributed by atoms with van der Waals surface area (Å²) in [6.07, 6.45) is 1.04. The summed E-state index contributed by atoms with van der Waals surface area (Å²) >= 11 is 0. The molecule has 26 heavy (non-hydrogen) atoms. The predicted molar refractivity (Wildman–Crippen MR) is 91.6 cm³/mol. The van der Waals surface area contributed by atoms with Gasteiger partial charge in [-0.15, -0.1) is 0 Å². The first-order chi connectivity index (χ1) is 12.3. The van der Waals surface area contributed by atoms with Gasteiger partial charge >= 0.3 is 0 Å². The highest BCUT2D eigenvalue weighted by molar-refractivity contribution is 7.90. The molecule has 10 heteroatoms. The maximum absolute atomic E-state index is 12.5. The topological polar surface area (TPSA) is 125 Å². The SMILES string of the molecule is CS(=O)(=O)c1cccc(NC(=O)c2cc3c(cc2[N+](=O)[O-])OCCO3)c1. The van der Waals surface area contributed by atoms with Crippen molar-refractivity contribution in [1.82, 2.24) is 0 Å². The van der Waals surface area contributed by atoms with E-state index in [0.29, 0.717) is 0 Å². The van der Waals surface area contributed by atoms with Crippen LogP contribution in [-0.4, -0.2) is 38.7 Å². The van der Waals surface area contributed by atoms with Crippen LogP contribution in [0.2, 0.25) is 0 Å². The van der Waals surface area contributed by atoms with Gasteiger partial charge in [-0.1, -0.05) is 6.07 Å². The molecule has 1 heterocycles. The van der Waals surface area contributed by atoms with Crippen LogP contribution in [0.1, 0.15) is 10.4 Å². The van der Waals surface area contributed by atoms with Crippen LogP contribution in [0.4, 0.5) is 11.4 Å². The molecule has 2 aromatic carbocycles. The fraction of sp³-hybridized carbons (Fsp3) is 0.188. The van der Waals surface area contributed by atoms with E-state index in [-0.39, 0.29) is 40.9 Å². The highest BCUT2D eigenvalue weighted by atomic mass is 32.2. The number of carbonyl (C=O) groups excluding carboxylic acids is 1. The van der Waals surface area contributed by atoms with Crippen molar-refractivity contribution in [2.75, 3.05) is 24.8 Å². The molecule has 0 atom stereocenters. The first kappa shape index (κ1) is 17.7. The van der Waals surface area contributed by atoms with E-state index >= 15 is 0 Å². The number of nitrogens with zero attached hydrogens (tertiary/aromatic N) is 1. The fourth-order valence-electron chi connectivity index (χ4n) is 2.41. The number of fused-ring (bicyclic) bond motifs is 1. The highest BCUT2D eigenvalue weighted by Gasteiger charge is 2.26. The molecule has 0 spiro atoms.